The van der Waals surface area contributed by atoms with Crippen LogP contribution in [-0.2, 0) is 9.47 Å². The first-order valence-electron chi connectivity index (χ1n) is 7.05. The van der Waals surface area contributed by atoms with E-state index in [0.29, 0.717) is 0 Å². The topological polar surface area (TPSA) is 18.5 Å². The van der Waals surface area contributed by atoms with Crippen LogP contribution in [0.2, 0.25) is 0 Å². The highest BCUT2D eigenvalue weighted by Gasteiger charge is 2.32. The van der Waals surface area contributed by atoms with Gasteiger partial charge in [0.15, 0.2) is 6.75 Å². The van der Waals surface area contributed by atoms with Crippen molar-refractivity contribution in [1.29, 1.82) is 0 Å². The number of hydrogen-bond acceptors (Lipinski definition) is 2. The number of ether oxygens (including phenoxy) is 2. The van der Waals surface area contributed by atoms with E-state index in [2.05, 4.69) is 0 Å². The Balaban J connectivity index is 2.24. The Morgan fingerprint density at radius 3 is 3.75 bits per heavy atom. The van der Waals surface area contributed by atoms with E-state index >= 15 is 0 Å². The van der Waals surface area contributed by atoms with Gasteiger partial charge in [0.2, 0.25) is 0 Å². The summed E-state index contributed by atoms with van der Waals surface area (Å²) in [6, 6.07) is -0.300. The van der Waals surface area contributed by atoms with Crippen LogP contribution in [0.4, 0.5) is 0 Å². The zero-order chi connectivity index (χ0) is 14.3. The molecule has 1 fully saturated rings. The third-order valence-corrected chi connectivity index (χ3v) is 1.82. The van der Waals surface area contributed by atoms with Gasteiger partial charge in [-0.1, -0.05) is 18.2 Å². The highest BCUT2D eigenvalue weighted by Crippen LogP contribution is 2.36. The van der Waals surface area contributed by atoms with E-state index in [9.17, 15) is 0 Å². The van der Waals surface area contributed by atoms with Crippen molar-refractivity contribution in [2.45, 2.75) is 12.5 Å². The molecular formula is C10H10O2. The molecule has 0 amide bonds. The number of rotatable bonds is 0. The summed E-state index contributed by atoms with van der Waals surface area (Å²) >= 11 is 0. The van der Waals surface area contributed by atoms with E-state index in [1.54, 1.807) is 0 Å². The van der Waals surface area contributed by atoms with Crippen molar-refractivity contribution in [3.63, 3.8) is 0 Å². The molecule has 1 heterocycles. The Morgan fingerprint density at radius 2 is 2.75 bits per heavy atom. The highest BCUT2D eigenvalue weighted by molar-refractivity contribution is 5.40. The van der Waals surface area contributed by atoms with Crippen LogP contribution >= 0.6 is 0 Å². The molecule has 2 aliphatic carbocycles. The maximum Gasteiger partial charge on any atom is 0.189 e. The van der Waals surface area contributed by atoms with E-state index in [0.717, 1.165) is 0 Å². The molecule has 2 unspecified atom stereocenters. The van der Waals surface area contributed by atoms with Crippen molar-refractivity contribution in [2.24, 2.45) is 5.89 Å². The molecule has 1 saturated heterocycles. The van der Waals surface area contributed by atoms with Gasteiger partial charge in [0.1, 0.15) is 14.6 Å². The van der Waals surface area contributed by atoms with Crippen LogP contribution in [0.1, 0.15) is 16.0 Å². The molecule has 0 aromatic rings. The fraction of sp³-hybridized carbons (Fsp3) is 0.400. The molecule has 0 N–H and O–H groups in total. The lowest BCUT2D eigenvalue weighted by molar-refractivity contribution is 0.0455. The van der Waals surface area contributed by atoms with Gasteiger partial charge >= 0.3 is 0 Å². The predicted octanol–water partition coefficient (Wildman–Crippen LogP) is 1.76. The van der Waals surface area contributed by atoms with Gasteiger partial charge in [-0.15, -0.1) is 0 Å². The number of hydrogen-bond donors (Lipinski definition) is 0. The second-order valence-electron chi connectivity index (χ2n) is 2.56. The lowest BCUT2D eigenvalue weighted by atomic mass is 9.89. The van der Waals surface area contributed by atoms with Crippen molar-refractivity contribution < 1.29 is 19.1 Å². The standard InChI is InChI=1S/C10H10O2/c1-2-7-4-9-10(12-6-11-9)5-8(7)3-1/h1-4,8,10H,5-6H2/i3D,5D2,6D2,8D,10D. The first-order chi connectivity index (χ1) is 8.55. The SMILES string of the molecule is [2H]C1=CC=C2C=C3OC([2H])([2H])OC3([2H])C([2H])([2H])C12[2H]. The molecule has 62 valence electrons. The average molecular weight is 169 g/mol. The van der Waals surface area contributed by atoms with Crippen LogP contribution in [0.25, 0.3) is 0 Å². The third kappa shape index (κ3) is 0.786. The van der Waals surface area contributed by atoms with Gasteiger partial charge in [-0.25, -0.2) is 0 Å². The molecule has 0 aromatic heterocycles. The summed E-state index contributed by atoms with van der Waals surface area (Å²) in [5.41, 5.74) is 0.154. The predicted molar refractivity (Wildman–Crippen MR) is 44.2 cm³/mol. The lowest BCUT2D eigenvalue weighted by Gasteiger charge is -2.20. The quantitative estimate of drug-likeness (QED) is 0.550. The minimum absolute atomic E-state index is 0.154. The van der Waals surface area contributed by atoms with Crippen LogP contribution < -0.4 is 0 Å². The smallest absolute Gasteiger partial charge is 0.189 e. The average Bonchev–Trinajstić information content (AvgIpc) is 2.68. The van der Waals surface area contributed by atoms with Crippen molar-refractivity contribution in [2.75, 3.05) is 6.75 Å². The third-order valence-electron chi connectivity index (χ3n) is 1.82. The molecule has 3 rings (SSSR count). The first kappa shape index (κ1) is 2.74. The van der Waals surface area contributed by atoms with E-state index in [1.165, 1.54) is 18.2 Å². The van der Waals surface area contributed by atoms with E-state index < -0.39 is 25.1 Å². The molecular weight excluding hydrogens is 152 g/mol. The molecule has 0 radical (unpaired) electrons. The minimum atomic E-state index is -2.66. The van der Waals surface area contributed by atoms with Crippen molar-refractivity contribution in [3.8, 4) is 0 Å². The van der Waals surface area contributed by atoms with E-state index in [1.807, 2.05) is 0 Å². The zero-order valence-electron chi connectivity index (χ0n) is 13.0. The molecule has 2 atom stereocenters. The van der Waals surface area contributed by atoms with Crippen molar-refractivity contribution in [3.05, 3.63) is 35.6 Å². The molecule has 0 aromatic carbocycles. The van der Waals surface area contributed by atoms with Gasteiger partial charge in [-0.2, -0.15) is 0 Å². The van der Waals surface area contributed by atoms with E-state index in [4.69, 9.17) is 19.1 Å². The summed E-state index contributed by atoms with van der Waals surface area (Å²) in [5, 5.41) is 0. The summed E-state index contributed by atoms with van der Waals surface area (Å²) in [5.74, 6) is -2.41. The minimum Gasteiger partial charge on any atom is -0.469 e. The van der Waals surface area contributed by atoms with Gasteiger partial charge < -0.3 is 9.47 Å². The number of allylic oxidation sites excluding steroid dienone is 5. The molecule has 0 bridgehead atoms. The Bertz CT molecular complexity index is 564. The van der Waals surface area contributed by atoms with Crippen molar-refractivity contribution in [1.82, 2.24) is 0 Å². The monoisotopic (exact) mass is 169 g/mol. The van der Waals surface area contributed by atoms with Crippen LogP contribution in [0.15, 0.2) is 35.6 Å². The summed E-state index contributed by atoms with van der Waals surface area (Å²) < 4.78 is 64.4. The largest absolute Gasteiger partial charge is 0.469 e. The molecule has 2 nitrogen and oxygen atoms in total. The van der Waals surface area contributed by atoms with Gasteiger partial charge in [-0.3, -0.25) is 0 Å². The van der Waals surface area contributed by atoms with Crippen LogP contribution in [0.3, 0.4) is 0 Å². The number of fused-ring (bicyclic) bond motifs is 2. The second kappa shape index (κ2) is 2.23. The van der Waals surface area contributed by atoms with Crippen LogP contribution in [0.5, 0.6) is 0 Å². The zero-order valence-corrected chi connectivity index (χ0v) is 6.05. The lowest BCUT2D eigenvalue weighted by Crippen LogP contribution is -2.18. The molecule has 3 aliphatic rings. The molecule has 0 saturated carbocycles. The van der Waals surface area contributed by atoms with Gasteiger partial charge in [0, 0.05) is 10.0 Å². The maximum atomic E-state index is 8.23. The molecule has 12 heavy (non-hydrogen) atoms. The molecule has 1 aliphatic heterocycles. The summed E-state index contributed by atoms with van der Waals surface area (Å²) in [6.07, 6.45) is -1.25. The molecule has 2 heteroatoms. The maximum absolute atomic E-state index is 8.23. The Morgan fingerprint density at radius 1 is 1.75 bits per heavy atom. The fourth-order valence-corrected chi connectivity index (χ4v) is 1.25. The highest BCUT2D eigenvalue weighted by atomic mass is 16.7. The van der Waals surface area contributed by atoms with Gasteiger partial charge in [0.25, 0.3) is 0 Å². The fourth-order valence-electron chi connectivity index (χ4n) is 1.25. The summed E-state index contributed by atoms with van der Waals surface area (Å²) in [7, 11) is 0. The normalized spacial score (nSPS) is 66.7. The van der Waals surface area contributed by atoms with E-state index in [-0.39, 0.29) is 17.4 Å². The Kier molecular flexibility index (Phi) is 0.510. The van der Waals surface area contributed by atoms with Crippen LogP contribution in [-0.4, -0.2) is 12.8 Å². The Hall–Kier alpha value is -1.02. The second-order valence-corrected chi connectivity index (χ2v) is 2.56. The van der Waals surface area contributed by atoms with Crippen LogP contribution in [0, 0.1) is 5.89 Å². The summed E-state index contributed by atoms with van der Waals surface area (Å²) in [6.45, 7) is -2.62. The summed E-state index contributed by atoms with van der Waals surface area (Å²) in [4.78, 5) is 0. The van der Waals surface area contributed by atoms with Crippen molar-refractivity contribution >= 4 is 0 Å². The first-order valence-corrected chi connectivity index (χ1v) is 3.55. The Labute approximate surface area is 81.0 Å². The molecule has 0 spiro atoms. The van der Waals surface area contributed by atoms with Gasteiger partial charge in [0.05, 0.1) is 2.74 Å². The van der Waals surface area contributed by atoms with Gasteiger partial charge in [-0.05, 0) is 18.0 Å².